The van der Waals surface area contributed by atoms with Gasteiger partial charge in [-0.25, -0.2) is 0 Å². The summed E-state index contributed by atoms with van der Waals surface area (Å²) in [4.78, 5) is 12.6. The van der Waals surface area contributed by atoms with Crippen molar-refractivity contribution in [1.29, 1.82) is 0 Å². The summed E-state index contributed by atoms with van der Waals surface area (Å²) in [7, 11) is 2.38. The van der Waals surface area contributed by atoms with Crippen molar-refractivity contribution in [3.63, 3.8) is 0 Å². The van der Waals surface area contributed by atoms with Crippen LogP contribution in [0.1, 0.15) is 85.0 Å². The average molecular weight is 413 g/mol. The molecule has 0 aromatic heterocycles. The van der Waals surface area contributed by atoms with Gasteiger partial charge in [-0.1, -0.05) is 52.2 Å². The lowest BCUT2D eigenvalue weighted by Gasteiger charge is -2.31. The van der Waals surface area contributed by atoms with E-state index in [2.05, 4.69) is 42.4 Å². The maximum atomic E-state index is 12.6. The van der Waals surface area contributed by atoms with Gasteiger partial charge >= 0.3 is 0 Å². The van der Waals surface area contributed by atoms with E-state index in [4.69, 9.17) is 14.0 Å². The molecule has 28 heavy (non-hydrogen) atoms. The van der Waals surface area contributed by atoms with Gasteiger partial charge in [0.1, 0.15) is 5.78 Å². The quantitative estimate of drug-likeness (QED) is 0.216. The van der Waals surface area contributed by atoms with Crippen LogP contribution in [0.4, 0.5) is 0 Å². The topological polar surface area (TPSA) is 44.8 Å². The second-order valence-electron chi connectivity index (χ2n) is 8.67. The van der Waals surface area contributed by atoms with Crippen molar-refractivity contribution in [3.05, 3.63) is 12.2 Å². The molecule has 0 amide bonds. The molecule has 1 saturated carbocycles. The van der Waals surface area contributed by atoms with E-state index in [1.54, 1.807) is 0 Å². The van der Waals surface area contributed by atoms with E-state index in [0.29, 0.717) is 31.3 Å². The highest BCUT2D eigenvalue weighted by Crippen LogP contribution is 2.41. The van der Waals surface area contributed by atoms with E-state index >= 15 is 0 Å². The van der Waals surface area contributed by atoms with Crippen LogP contribution in [0.15, 0.2) is 12.2 Å². The Hall–Kier alpha value is -0.280. The Morgan fingerprint density at radius 1 is 1.21 bits per heavy atom. The third kappa shape index (κ3) is 6.90. The summed E-state index contributed by atoms with van der Waals surface area (Å²) < 4.78 is 17.7. The maximum absolute atomic E-state index is 12.6. The molecule has 0 bridgehead atoms. The molecule has 5 atom stereocenters. The van der Waals surface area contributed by atoms with Crippen LogP contribution in [-0.4, -0.2) is 30.9 Å². The van der Waals surface area contributed by atoms with E-state index in [9.17, 15) is 4.79 Å². The van der Waals surface area contributed by atoms with E-state index < -0.39 is 5.79 Å². The number of rotatable bonds is 13. The first kappa shape index (κ1) is 24.0. The molecule has 0 N–H and O–H groups in total. The van der Waals surface area contributed by atoms with Crippen LogP contribution in [0.2, 0.25) is 0 Å². The Morgan fingerprint density at radius 2 is 1.96 bits per heavy atom. The SMILES string of the molecule is CCCCCC1(CCC2C(OP)CC(=O)C2C/C=C/CC(C)CC)OCCO1. The lowest BCUT2D eigenvalue weighted by atomic mass is 9.85. The fourth-order valence-corrected chi connectivity index (χ4v) is 4.82. The minimum Gasteiger partial charge on any atom is -0.362 e. The zero-order chi connectivity index (χ0) is 20.4. The Labute approximate surface area is 174 Å². The second-order valence-corrected chi connectivity index (χ2v) is 8.95. The first-order valence-corrected chi connectivity index (χ1v) is 11.8. The molecule has 1 aliphatic carbocycles. The molecule has 1 aliphatic heterocycles. The first-order valence-electron chi connectivity index (χ1n) is 11.4. The summed E-state index contributed by atoms with van der Waals surface area (Å²) in [6, 6.07) is 0. The van der Waals surface area contributed by atoms with Crippen molar-refractivity contribution in [2.75, 3.05) is 13.2 Å². The molecule has 4 nitrogen and oxygen atoms in total. The van der Waals surface area contributed by atoms with Crippen LogP contribution in [-0.2, 0) is 18.8 Å². The van der Waals surface area contributed by atoms with Gasteiger partial charge in [-0.2, -0.15) is 0 Å². The molecule has 5 heteroatoms. The Balaban J connectivity index is 1.95. The molecule has 2 aliphatic rings. The number of carbonyl (C=O) groups is 1. The first-order chi connectivity index (χ1) is 13.5. The lowest BCUT2D eigenvalue weighted by Crippen LogP contribution is -2.32. The fraction of sp³-hybridized carbons (Fsp3) is 0.870. The summed E-state index contributed by atoms with van der Waals surface area (Å²) in [5.74, 6) is 0.915. The highest BCUT2D eigenvalue weighted by Gasteiger charge is 2.44. The minimum atomic E-state index is -0.441. The molecule has 2 fully saturated rings. The van der Waals surface area contributed by atoms with Crippen LogP contribution in [0.3, 0.4) is 0 Å². The van der Waals surface area contributed by atoms with Crippen molar-refractivity contribution < 1.29 is 18.8 Å². The van der Waals surface area contributed by atoms with Gasteiger partial charge < -0.3 is 14.0 Å². The second kappa shape index (κ2) is 12.4. The number of hydrogen-bond donors (Lipinski definition) is 0. The minimum absolute atomic E-state index is 0.000407. The highest BCUT2D eigenvalue weighted by molar-refractivity contribution is 7.09. The fourth-order valence-electron chi connectivity index (χ4n) is 4.52. The number of ether oxygens (including phenoxy) is 2. The van der Waals surface area contributed by atoms with Gasteiger partial charge in [0, 0.05) is 34.6 Å². The molecular formula is C23H41O4P. The third-order valence-corrected chi connectivity index (χ3v) is 6.96. The number of carbonyl (C=O) groups excluding carboxylic acids is 1. The number of Topliss-reactive ketones (excluding diaryl/α,β-unsaturated/α-hetero) is 1. The van der Waals surface area contributed by atoms with Crippen molar-refractivity contribution in [2.24, 2.45) is 17.8 Å². The molecule has 0 aromatic rings. The van der Waals surface area contributed by atoms with Crippen molar-refractivity contribution in [1.82, 2.24) is 0 Å². The molecule has 0 radical (unpaired) electrons. The Bertz CT molecular complexity index is 487. The van der Waals surface area contributed by atoms with E-state index in [1.807, 2.05) is 0 Å². The van der Waals surface area contributed by atoms with Crippen molar-refractivity contribution in [3.8, 4) is 0 Å². The summed E-state index contributed by atoms with van der Waals surface area (Å²) >= 11 is 0. The molecule has 2 rings (SSSR count). The Morgan fingerprint density at radius 3 is 2.61 bits per heavy atom. The van der Waals surface area contributed by atoms with E-state index in [-0.39, 0.29) is 17.9 Å². The summed E-state index contributed by atoms with van der Waals surface area (Å²) in [5, 5.41) is 0. The normalized spacial score (nSPS) is 28.4. The number of unbranched alkanes of at least 4 members (excludes halogenated alkanes) is 2. The van der Waals surface area contributed by atoms with Crippen LogP contribution in [0.5, 0.6) is 0 Å². The number of ketones is 1. The van der Waals surface area contributed by atoms with Crippen LogP contribution in [0, 0.1) is 17.8 Å². The lowest BCUT2D eigenvalue weighted by molar-refractivity contribution is -0.171. The molecule has 5 unspecified atom stereocenters. The van der Waals surface area contributed by atoms with E-state index in [1.165, 1.54) is 19.3 Å². The molecule has 1 saturated heterocycles. The predicted octanol–water partition coefficient (Wildman–Crippen LogP) is 5.85. The summed E-state index contributed by atoms with van der Waals surface area (Å²) in [6.45, 7) is 8.07. The largest absolute Gasteiger partial charge is 0.362 e. The highest BCUT2D eigenvalue weighted by atomic mass is 31.0. The van der Waals surface area contributed by atoms with Gasteiger partial charge in [0.05, 0.1) is 19.3 Å². The van der Waals surface area contributed by atoms with E-state index in [0.717, 1.165) is 38.5 Å². The average Bonchev–Trinajstić information content (AvgIpc) is 3.28. The number of hydrogen-bond acceptors (Lipinski definition) is 4. The van der Waals surface area contributed by atoms with Gasteiger partial charge in [-0.05, 0) is 37.5 Å². The zero-order valence-electron chi connectivity index (χ0n) is 18.2. The van der Waals surface area contributed by atoms with Gasteiger partial charge in [0.15, 0.2) is 5.79 Å². The van der Waals surface area contributed by atoms with Crippen LogP contribution < -0.4 is 0 Å². The molecular weight excluding hydrogens is 371 g/mol. The summed E-state index contributed by atoms with van der Waals surface area (Å²) in [5.41, 5.74) is 0. The monoisotopic (exact) mass is 412 g/mol. The Kier molecular flexibility index (Phi) is 10.6. The van der Waals surface area contributed by atoms with Crippen molar-refractivity contribution in [2.45, 2.75) is 96.9 Å². The van der Waals surface area contributed by atoms with Gasteiger partial charge in [-0.3, -0.25) is 4.79 Å². The van der Waals surface area contributed by atoms with Crippen molar-refractivity contribution >= 4 is 15.2 Å². The number of allylic oxidation sites excluding steroid dienone is 2. The van der Waals surface area contributed by atoms with Gasteiger partial charge in [0.2, 0.25) is 0 Å². The molecule has 0 aromatic carbocycles. The van der Waals surface area contributed by atoms with Gasteiger partial charge in [0.25, 0.3) is 0 Å². The smallest absolute Gasteiger partial charge is 0.168 e. The molecule has 0 spiro atoms. The molecule has 162 valence electrons. The maximum Gasteiger partial charge on any atom is 0.168 e. The van der Waals surface area contributed by atoms with Crippen LogP contribution >= 0.6 is 9.47 Å². The van der Waals surface area contributed by atoms with Gasteiger partial charge in [-0.15, -0.1) is 0 Å². The predicted molar refractivity (Wildman–Crippen MR) is 117 cm³/mol. The standard InChI is InChI=1S/C23H41O4P/c1-4-6-9-13-23(25-15-16-26-23)14-12-20-19(21(24)17-22(20)27-28)11-8-7-10-18(3)5-2/h7-8,18-20,22H,4-6,9-17,28H2,1-3H3/b8-7+. The van der Waals surface area contributed by atoms with Crippen LogP contribution in [0.25, 0.3) is 0 Å². The molecule has 1 heterocycles. The third-order valence-electron chi connectivity index (χ3n) is 6.61. The zero-order valence-corrected chi connectivity index (χ0v) is 19.3. The summed E-state index contributed by atoms with van der Waals surface area (Å²) in [6.07, 6.45) is 14.4.